The second-order valence-electron chi connectivity index (χ2n) is 5.98. The second-order valence-corrected chi connectivity index (χ2v) is 5.98. The van der Waals surface area contributed by atoms with Crippen molar-refractivity contribution in [3.8, 4) is 0 Å². The van der Waals surface area contributed by atoms with E-state index in [1.54, 1.807) is 38.5 Å². The van der Waals surface area contributed by atoms with Crippen LogP contribution in [0.1, 0.15) is 38.5 Å². The molecule has 4 rings (SSSR count). The SMILES string of the molecule is C1CC2CC3CC1CC2(N1CC1)C3. The maximum absolute atomic E-state index is 2.81. The quantitative estimate of drug-likeness (QED) is 0.555. The van der Waals surface area contributed by atoms with Crippen LogP contribution in [0, 0.1) is 17.8 Å². The molecule has 1 heterocycles. The Balaban J connectivity index is 1.77. The van der Waals surface area contributed by atoms with Gasteiger partial charge < -0.3 is 0 Å². The lowest BCUT2D eigenvalue weighted by molar-refractivity contribution is 0.0531. The maximum atomic E-state index is 2.81. The summed E-state index contributed by atoms with van der Waals surface area (Å²) in [5.74, 6) is 3.36. The van der Waals surface area contributed by atoms with Gasteiger partial charge >= 0.3 is 0 Å². The van der Waals surface area contributed by atoms with E-state index in [9.17, 15) is 0 Å². The first-order valence-electron chi connectivity index (χ1n) is 6.12. The molecule has 3 aliphatic carbocycles. The minimum atomic E-state index is 0.756. The minimum Gasteiger partial charge on any atom is -0.295 e. The van der Waals surface area contributed by atoms with Gasteiger partial charge in [-0.15, -0.1) is 0 Å². The first-order valence-corrected chi connectivity index (χ1v) is 6.12. The molecule has 0 radical (unpaired) electrons. The highest BCUT2D eigenvalue weighted by atomic mass is 15.3. The lowest BCUT2D eigenvalue weighted by Gasteiger charge is -2.46. The molecule has 0 N–H and O–H groups in total. The Bertz CT molecular complexity index is 246. The van der Waals surface area contributed by atoms with E-state index < -0.39 is 0 Å². The Hall–Kier alpha value is -0.0400. The highest BCUT2D eigenvalue weighted by molar-refractivity contribution is 5.13. The molecule has 3 bridgehead atoms. The van der Waals surface area contributed by atoms with E-state index in [-0.39, 0.29) is 0 Å². The molecular weight excluding hydrogens is 158 g/mol. The molecule has 0 amide bonds. The summed E-state index contributed by atoms with van der Waals surface area (Å²) >= 11 is 0. The van der Waals surface area contributed by atoms with Gasteiger partial charge in [-0.3, -0.25) is 4.90 Å². The van der Waals surface area contributed by atoms with Crippen molar-refractivity contribution in [2.75, 3.05) is 13.1 Å². The molecule has 0 aromatic heterocycles. The fourth-order valence-corrected chi connectivity index (χ4v) is 4.91. The highest BCUT2D eigenvalue weighted by Gasteiger charge is 2.59. The Labute approximate surface area is 80.5 Å². The number of fused-ring (bicyclic) bond motifs is 2. The zero-order valence-corrected chi connectivity index (χ0v) is 8.34. The Morgan fingerprint density at radius 2 is 1.77 bits per heavy atom. The topological polar surface area (TPSA) is 3.01 Å². The number of nitrogens with zero attached hydrogens (tertiary/aromatic N) is 1. The van der Waals surface area contributed by atoms with Gasteiger partial charge in [0.15, 0.2) is 0 Å². The molecule has 0 aromatic rings. The van der Waals surface area contributed by atoms with Crippen LogP contribution >= 0.6 is 0 Å². The van der Waals surface area contributed by atoms with Crippen molar-refractivity contribution in [3.63, 3.8) is 0 Å². The van der Waals surface area contributed by atoms with Crippen molar-refractivity contribution >= 4 is 0 Å². The first kappa shape index (κ1) is 7.28. The van der Waals surface area contributed by atoms with Crippen LogP contribution in [0.3, 0.4) is 0 Å². The van der Waals surface area contributed by atoms with Gasteiger partial charge in [-0.2, -0.15) is 0 Å². The van der Waals surface area contributed by atoms with E-state index in [2.05, 4.69) is 4.90 Å². The Morgan fingerprint density at radius 1 is 0.923 bits per heavy atom. The fraction of sp³-hybridized carbons (Fsp3) is 1.00. The third-order valence-corrected chi connectivity index (χ3v) is 5.33. The van der Waals surface area contributed by atoms with E-state index >= 15 is 0 Å². The summed E-state index contributed by atoms with van der Waals surface area (Å²) in [5, 5.41) is 0. The lowest BCUT2D eigenvalue weighted by Crippen LogP contribution is -2.48. The third kappa shape index (κ3) is 0.823. The number of hydrogen-bond acceptors (Lipinski definition) is 1. The van der Waals surface area contributed by atoms with Crippen molar-refractivity contribution < 1.29 is 0 Å². The Morgan fingerprint density at radius 3 is 2.62 bits per heavy atom. The predicted molar refractivity (Wildman–Crippen MR) is 52.5 cm³/mol. The molecule has 13 heavy (non-hydrogen) atoms. The smallest absolute Gasteiger partial charge is 0.0244 e. The second kappa shape index (κ2) is 2.13. The van der Waals surface area contributed by atoms with Gasteiger partial charge in [-0.1, -0.05) is 6.42 Å². The Kier molecular flexibility index (Phi) is 1.19. The fourth-order valence-electron chi connectivity index (χ4n) is 4.91. The van der Waals surface area contributed by atoms with Crippen LogP contribution in [0.5, 0.6) is 0 Å². The number of rotatable bonds is 1. The monoisotopic (exact) mass is 177 g/mol. The molecule has 4 unspecified atom stereocenters. The molecule has 1 nitrogen and oxygen atoms in total. The lowest BCUT2D eigenvalue weighted by atomic mass is 9.67. The van der Waals surface area contributed by atoms with Gasteiger partial charge in [-0.25, -0.2) is 0 Å². The molecule has 1 aliphatic heterocycles. The summed E-state index contributed by atoms with van der Waals surface area (Å²) in [6.07, 6.45) is 9.47. The molecular formula is C12H19N. The van der Waals surface area contributed by atoms with Gasteiger partial charge in [0, 0.05) is 18.6 Å². The van der Waals surface area contributed by atoms with Crippen molar-refractivity contribution in [1.82, 2.24) is 4.90 Å². The van der Waals surface area contributed by atoms with Crippen molar-refractivity contribution in [1.29, 1.82) is 0 Å². The van der Waals surface area contributed by atoms with Crippen molar-refractivity contribution in [3.05, 3.63) is 0 Å². The van der Waals surface area contributed by atoms with Gasteiger partial charge in [0.05, 0.1) is 0 Å². The van der Waals surface area contributed by atoms with Gasteiger partial charge in [0.1, 0.15) is 0 Å². The zero-order chi connectivity index (χ0) is 8.47. The normalized spacial score (nSPS) is 58.6. The summed E-state index contributed by atoms with van der Waals surface area (Å²) < 4.78 is 0. The number of hydrogen-bond donors (Lipinski definition) is 0. The summed E-state index contributed by atoms with van der Waals surface area (Å²) in [6.45, 7) is 2.85. The van der Waals surface area contributed by atoms with Gasteiger partial charge in [0.2, 0.25) is 0 Å². The summed E-state index contributed by atoms with van der Waals surface area (Å²) in [7, 11) is 0. The first-order chi connectivity index (χ1) is 6.37. The molecule has 4 atom stereocenters. The third-order valence-electron chi connectivity index (χ3n) is 5.33. The molecule has 0 spiro atoms. The van der Waals surface area contributed by atoms with Crippen LogP contribution in [-0.4, -0.2) is 23.5 Å². The zero-order valence-electron chi connectivity index (χ0n) is 8.34. The van der Waals surface area contributed by atoms with Crippen LogP contribution in [0.25, 0.3) is 0 Å². The van der Waals surface area contributed by atoms with Gasteiger partial charge in [0.25, 0.3) is 0 Å². The molecule has 0 aromatic carbocycles. The summed E-state index contributed by atoms with van der Waals surface area (Å²) in [5.41, 5.74) is 0.756. The molecule has 1 heteroatoms. The van der Waals surface area contributed by atoms with Crippen LogP contribution in [-0.2, 0) is 0 Å². The highest BCUT2D eigenvalue weighted by Crippen LogP contribution is 2.61. The average Bonchev–Trinajstić information content (AvgIpc) is 2.90. The molecule has 1 saturated heterocycles. The van der Waals surface area contributed by atoms with E-state index in [1.807, 2.05) is 0 Å². The minimum absolute atomic E-state index is 0.756. The maximum Gasteiger partial charge on any atom is 0.0244 e. The van der Waals surface area contributed by atoms with Crippen LogP contribution in [0.15, 0.2) is 0 Å². The summed E-state index contributed by atoms with van der Waals surface area (Å²) in [6, 6.07) is 0. The summed E-state index contributed by atoms with van der Waals surface area (Å²) in [4.78, 5) is 2.81. The van der Waals surface area contributed by atoms with E-state index in [1.165, 1.54) is 13.1 Å². The van der Waals surface area contributed by atoms with Crippen LogP contribution in [0.2, 0.25) is 0 Å². The van der Waals surface area contributed by atoms with Gasteiger partial charge in [-0.05, 0) is 49.9 Å². The average molecular weight is 177 g/mol. The molecule has 72 valence electrons. The standard InChI is InChI=1S/C12H19N/c1-2-11-6-10-5-9(1)7-12(11,8-10)13-3-4-13/h9-11H,1-8H2. The van der Waals surface area contributed by atoms with Crippen molar-refractivity contribution in [2.24, 2.45) is 17.8 Å². The molecule has 4 aliphatic rings. The molecule has 3 saturated carbocycles. The largest absolute Gasteiger partial charge is 0.295 e. The predicted octanol–water partition coefficient (Wildman–Crippen LogP) is 2.27. The van der Waals surface area contributed by atoms with Crippen LogP contribution < -0.4 is 0 Å². The van der Waals surface area contributed by atoms with E-state index in [0.717, 1.165) is 23.3 Å². The van der Waals surface area contributed by atoms with E-state index in [0.29, 0.717) is 0 Å². The van der Waals surface area contributed by atoms with Crippen molar-refractivity contribution in [2.45, 2.75) is 44.1 Å². The van der Waals surface area contributed by atoms with E-state index in [4.69, 9.17) is 0 Å². The van der Waals surface area contributed by atoms with Crippen LogP contribution in [0.4, 0.5) is 0 Å². The molecule has 4 fully saturated rings.